The molecule has 11 heteroatoms. The summed E-state index contributed by atoms with van der Waals surface area (Å²) in [6.45, 7) is 0.475. The normalized spacial score (nSPS) is 14.2. The van der Waals surface area contributed by atoms with Crippen LogP contribution < -0.4 is 4.90 Å². The van der Waals surface area contributed by atoms with Gasteiger partial charge < -0.3 is 4.57 Å². The number of nitrogens with zero attached hydrogens (tertiary/aromatic N) is 5. The monoisotopic (exact) mass is 523 g/mol. The summed E-state index contributed by atoms with van der Waals surface area (Å²) in [6.07, 6.45) is 2.98. The Labute approximate surface area is 194 Å². The van der Waals surface area contributed by atoms with Gasteiger partial charge in [-0.25, -0.2) is 8.96 Å². The molecule has 0 aliphatic carbocycles. The Morgan fingerprint density at radius 2 is 1.94 bits per heavy atom. The molecular weight excluding hydrogens is 502 g/mol. The predicted molar refractivity (Wildman–Crippen MR) is 124 cm³/mol. The van der Waals surface area contributed by atoms with Crippen molar-refractivity contribution in [2.75, 3.05) is 25.5 Å². The van der Waals surface area contributed by atoms with Crippen LogP contribution in [0.3, 0.4) is 0 Å². The van der Waals surface area contributed by atoms with Gasteiger partial charge in [0.05, 0.1) is 5.69 Å². The second kappa shape index (κ2) is 8.45. The van der Waals surface area contributed by atoms with Gasteiger partial charge in [-0.3, -0.25) is 9.69 Å². The van der Waals surface area contributed by atoms with Crippen LogP contribution in [0.2, 0.25) is 0 Å². The number of benzene rings is 1. The van der Waals surface area contributed by atoms with E-state index in [1.165, 1.54) is 34.1 Å². The summed E-state index contributed by atoms with van der Waals surface area (Å²) < 4.78 is 31.4. The van der Waals surface area contributed by atoms with Crippen molar-refractivity contribution in [3.8, 4) is 0 Å². The minimum absolute atomic E-state index is 0.211. The number of carbonyl (C=O) groups excluding carboxylic acids is 1. The van der Waals surface area contributed by atoms with Gasteiger partial charge in [0.15, 0.2) is 11.0 Å². The van der Waals surface area contributed by atoms with Crippen molar-refractivity contribution in [1.29, 1.82) is 0 Å². The number of anilines is 1. The molecule has 1 aliphatic rings. The van der Waals surface area contributed by atoms with Crippen molar-refractivity contribution in [3.05, 3.63) is 58.5 Å². The number of imidazole rings is 1. The highest BCUT2D eigenvalue weighted by atomic mass is 79.9. The number of hydrogen-bond donors (Lipinski definition) is 0. The molecule has 0 saturated carbocycles. The third-order valence-corrected chi connectivity index (χ3v) is 8.30. The summed E-state index contributed by atoms with van der Waals surface area (Å²) in [5.41, 5.74) is 1.03. The van der Waals surface area contributed by atoms with Crippen molar-refractivity contribution in [1.82, 2.24) is 17.8 Å². The van der Waals surface area contributed by atoms with Crippen LogP contribution >= 0.6 is 27.7 Å². The number of aryl methyl sites for hydroxylation is 1. The highest BCUT2D eigenvalue weighted by Crippen LogP contribution is 2.37. The van der Waals surface area contributed by atoms with Gasteiger partial charge in [0.25, 0.3) is 5.91 Å². The Bertz CT molecular complexity index is 1240. The minimum atomic E-state index is -3.83. The third kappa shape index (κ3) is 4.07. The van der Waals surface area contributed by atoms with E-state index in [1.54, 1.807) is 22.6 Å². The van der Waals surface area contributed by atoms with E-state index in [2.05, 4.69) is 20.9 Å². The number of halogens is 1. The summed E-state index contributed by atoms with van der Waals surface area (Å²) in [5.74, 6) is 0.190. The average molecular weight is 524 g/mol. The minimum Gasteiger partial charge on any atom is -0.345 e. The van der Waals surface area contributed by atoms with E-state index in [0.29, 0.717) is 41.7 Å². The van der Waals surface area contributed by atoms with Crippen molar-refractivity contribution in [2.24, 2.45) is 7.05 Å². The topological polar surface area (TPSA) is 80.4 Å². The Morgan fingerprint density at radius 1 is 1.23 bits per heavy atom. The number of amides is 1. The summed E-state index contributed by atoms with van der Waals surface area (Å²) in [6, 6.07) is 11.2. The molecule has 0 saturated heterocycles. The van der Waals surface area contributed by atoms with Crippen molar-refractivity contribution in [3.63, 3.8) is 0 Å². The van der Waals surface area contributed by atoms with Gasteiger partial charge in [0, 0.05) is 43.3 Å². The van der Waals surface area contributed by atoms with E-state index in [-0.39, 0.29) is 5.91 Å². The van der Waals surface area contributed by atoms with Gasteiger partial charge in [-0.1, -0.05) is 30.0 Å². The molecule has 1 aliphatic heterocycles. The smallest absolute Gasteiger partial charge is 0.309 e. The van der Waals surface area contributed by atoms with Crippen LogP contribution in [-0.4, -0.2) is 52.8 Å². The van der Waals surface area contributed by atoms with Crippen LogP contribution in [0, 0.1) is 0 Å². The fourth-order valence-electron chi connectivity index (χ4n) is 3.48. The molecule has 2 aromatic heterocycles. The molecule has 3 heterocycles. The van der Waals surface area contributed by atoms with Crippen LogP contribution in [-0.2, 0) is 23.7 Å². The average Bonchev–Trinajstić information content (AvgIpc) is 3.26. The number of carbonyl (C=O) groups is 1. The van der Waals surface area contributed by atoms with Crippen LogP contribution in [0.25, 0.3) is 0 Å². The largest absolute Gasteiger partial charge is 0.345 e. The van der Waals surface area contributed by atoms with E-state index < -0.39 is 10.2 Å². The first-order chi connectivity index (χ1) is 14.7. The number of hydrogen-bond acceptors (Lipinski definition) is 5. The van der Waals surface area contributed by atoms with Crippen LogP contribution in [0.15, 0.2) is 57.1 Å². The number of aromatic nitrogens is 3. The Hall–Kier alpha value is -2.08. The predicted octanol–water partition coefficient (Wildman–Crippen LogP) is 3.38. The number of rotatable bonds is 5. The summed E-state index contributed by atoms with van der Waals surface area (Å²) in [5, 5.41) is 0.317. The standard InChI is InChI=1S/C20H22BrN5O3S2/c1-23(2)31(28,29)26-16-10-7-11-25(19(27)17-12-14(21)13-24(17)3)18(16)22-20(26)30-15-8-5-4-6-9-15/h4-6,8-9,12-13H,7,10-11H2,1-3H3. The first-order valence-electron chi connectivity index (χ1n) is 9.61. The second-order valence-electron chi connectivity index (χ2n) is 7.35. The Morgan fingerprint density at radius 3 is 2.55 bits per heavy atom. The molecule has 0 unspecified atom stereocenters. The zero-order valence-electron chi connectivity index (χ0n) is 17.3. The Kier molecular flexibility index (Phi) is 6.03. The summed E-state index contributed by atoms with van der Waals surface area (Å²) >= 11 is 4.67. The van der Waals surface area contributed by atoms with E-state index in [0.717, 1.165) is 9.37 Å². The van der Waals surface area contributed by atoms with Gasteiger partial charge >= 0.3 is 10.2 Å². The maximum absolute atomic E-state index is 13.3. The lowest BCUT2D eigenvalue weighted by atomic mass is 10.1. The molecular formula is C20H22BrN5O3S2. The van der Waals surface area contributed by atoms with Gasteiger partial charge in [-0.2, -0.15) is 12.7 Å². The quantitative estimate of drug-likeness (QED) is 0.512. The molecule has 0 radical (unpaired) electrons. The van der Waals surface area contributed by atoms with Gasteiger partial charge in [0.2, 0.25) is 0 Å². The zero-order chi connectivity index (χ0) is 22.3. The van der Waals surface area contributed by atoms with E-state index in [9.17, 15) is 13.2 Å². The zero-order valence-corrected chi connectivity index (χ0v) is 20.5. The SMILES string of the molecule is CN(C)S(=O)(=O)n1c(Sc2ccccc2)nc2c1CCCN2C(=O)c1cc(Br)cn1C. The maximum Gasteiger partial charge on any atom is 0.309 e. The molecule has 31 heavy (non-hydrogen) atoms. The summed E-state index contributed by atoms with van der Waals surface area (Å²) in [7, 11) is 0.957. The van der Waals surface area contributed by atoms with Crippen molar-refractivity contribution in [2.45, 2.75) is 22.9 Å². The molecule has 3 aromatic rings. The van der Waals surface area contributed by atoms with Gasteiger partial charge in [0.1, 0.15) is 5.69 Å². The number of fused-ring (bicyclic) bond motifs is 1. The van der Waals surface area contributed by atoms with Crippen LogP contribution in [0.5, 0.6) is 0 Å². The molecule has 0 atom stereocenters. The molecule has 4 rings (SSSR count). The highest BCUT2D eigenvalue weighted by Gasteiger charge is 2.35. The molecule has 8 nitrogen and oxygen atoms in total. The third-order valence-electron chi connectivity index (χ3n) is 5.01. The lowest BCUT2D eigenvalue weighted by Gasteiger charge is -2.27. The molecule has 0 fully saturated rings. The van der Waals surface area contributed by atoms with E-state index in [4.69, 9.17) is 0 Å². The summed E-state index contributed by atoms with van der Waals surface area (Å²) in [4.78, 5) is 20.4. The first kappa shape index (κ1) is 22.1. The highest BCUT2D eigenvalue weighted by molar-refractivity contribution is 9.10. The fourth-order valence-corrected chi connectivity index (χ4v) is 6.24. The van der Waals surface area contributed by atoms with Gasteiger partial charge in [-0.05, 0) is 47.0 Å². The van der Waals surface area contributed by atoms with E-state index in [1.807, 2.05) is 36.5 Å². The van der Waals surface area contributed by atoms with Crippen molar-refractivity contribution >= 4 is 49.6 Å². The van der Waals surface area contributed by atoms with E-state index >= 15 is 0 Å². The maximum atomic E-state index is 13.3. The molecule has 0 spiro atoms. The molecule has 1 aromatic carbocycles. The van der Waals surface area contributed by atoms with Crippen molar-refractivity contribution < 1.29 is 13.2 Å². The lowest BCUT2D eigenvalue weighted by Crippen LogP contribution is -2.38. The van der Waals surface area contributed by atoms with Gasteiger partial charge in [-0.15, -0.1) is 0 Å². The second-order valence-corrected chi connectivity index (χ2v) is 11.3. The molecule has 164 valence electrons. The van der Waals surface area contributed by atoms with Crippen LogP contribution in [0.4, 0.5) is 5.82 Å². The van der Waals surface area contributed by atoms with Crippen LogP contribution in [0.1, 0.15) is 22.6 Å². The molecule has 0 bridgehead atoms. The molecule has 0 N–H and O–H groups in total. The molecule has 1 amide bonds. The fraction of sp³-hybridized carbons (Fsp3) is 0.300. The first-order valence-corrected chi connectivity index (χ1v) is 12.6. The Balaban J connectivity index is 1.85. The lowest BCUT2D eigenvalue weighted by molar-refractivity contribution is 0.0976.